The van der Waals surface area contributed by atoms with Crippen LogP contribution in [0.1, 0.15) is 112 Å². The Morgan fingerprint density at radius 2 is 1.77 bits per heavy atom. The average molecular weight is 480 g/mol. The molecule has 0 aromatic carbocycles. The number of fused-ring (bicyclic) bond motifs is 5. The topological polar surface area (TPSA) is 29.1 Å². The maximum Gasteiger partial charge on any atom is 0.243 e. The number of terminal acetylenes is 1. The normalized spacial score (nSPS) is 42.2. The van der Waals surface area contributed by atoms with Gasteiger partial charge in [-0.1, -0.05) is 47.6 Å². The fourth-order valence-electron chi connectivity index (χ4n) is 10.2. The summed E-state index contributed by atoms with van der Waals surface area (Å²) in [5.41, 5.74) is 0.894. The molecule has 35 heavy (non-hydrogen) atoms. The van der Waals surface area contributed by atoms with Crippen molar-refractivity contribution >= 4 is 5.91 Å². The molecule has 0 aliphatic heterocycles. The molecule has 10 atom stereocenters. The number of hydrogen-bond donors (Lipinski definition) is 1. The van der Waals surface area contributed by atoms with Crippen LogP contribution in [0, 0.1) is 70.5 Å². The van der Waals surface area contributed by atoms with Gasteiger partial charge in [0.1, 0.15) is 0 Å². The number of nitrogens with one attached hydrogen (secondary N) is 1. The Bertz CT molecular complexity index is 808. The lowest BCUT2D eigenvalue weighted by Gasteiger charge is -2.61. The van der Waals surface area contributed by atoms with Crippen LogP contribution >= 0.6 is 0 Å². The monoisotopic (exact) mass is 479 g/mol. The summed E-state index contributed by atoms with van der Waals surface area (Å²) < 4.78 is 0. The van der Waals surface area contributed by atoms with Crippen LogP contribution in [-0.2, 0) is 4.79 Å². The van der Waals surface area contributed by atoms with Gasteiger partial charge in [0.2, 0.25) is 5.91 Å². The predicted octanol–water partition coefficient (Wildman–Crippen LogP) is 8.03. The van der Waals surface area contributed by atoms with Gasteiger partial charge in [0.15, 0.2) is 0 Å². The highest BCUT2D eigenvalue weighted by Crippen LogP contribution is 2.68. The number of carbonyl (C=O) groups is 1. The summed E-state index contributed by atoms with van der Waals surface area (Å²) in [6.07, 6.45) is 23.3. The molecule has 4 aliphatic carbocycles. The van der Waals surface area contributed by atoms with Gasteiger partial charge in [0, 0.05) is 12.0 Å². The zero-order chi connectivity index (χ0) is 25.4. The van der Waals surface area contributed by atoms with Crippen molar-refractivity contribution in [3.63, 3.8) is 0 Å². The second-order valence-electron chi connectivity index (χ2n) is 13.8. The summed E-state index contributed by atoms with van der Waals surface area (Å²) in [6.45, 7) is 16.0. The van der Waals surface area contributed by atoms with Gasteiger partial charge in [-0.15, -0.1) is 12.3 Å². The van der Waals surface area contributed by atoms with E-state index in [4.69, 9.17) is 6.42 Å². The van der Waals surface area contributed by atoms with Crippen LogP contribution in [0.15, 0.2) is 12.7 Å². The lowest BCUT2D eigenvalue weighted by atomic mass is 9.44. The first-order chi connectivity index (χ1) is 16.7. The van der Waals surface area contributed by atoms with Crippen LogP contribution < -0.4 is 5.32 Å². The van der Waals surface area contributed by atoms with Crippen LogP contribution in [0.4, 0.5) is 0 Å². The van der Waals surface area contributed by atoms with Crippen LogP contribution in [-0.4, -0.2) is 11.9 Å². The molecule has 4 fully saturated rings. The van der Waals surface area contributed by atoms with Crippen molar-refractivity contribution in [1.29, 1.82) is 0 Å². The minimum atomic E-state index is -0.000520. The molecule has 4 saturated carbocycles. The summed E-state index contributed by atoms with van der Waals surface area (Å²) in [5, 5.41) is 3.21. The number of rotatable bonds is 8. The van der Waals surface area contributed by atoms with Crippen molar-refractivity contribution in [2.75, 3.05) is 0 Å². The molecule has 2 nitrogen and oxygen atoms in total. The van der Waals surface area contributed by atoms with Crippen molar-refractivity contribution in [3.05, 3.63) is 12.7 Å². The SMILES string of the molecule is C#C[C@H](CC[C@@H](CC)C(C)C)[C@H]1CCC2[C@@H]3CCC4C[C@@H](NC(=O)C=C)CC[C@]4(C)C3CC[C@@]21C. The van der Waals surface area contributed by atoms with Crippen molar-refractivity contribution < 1.29 is 4.79 Å². The first-order valence-corrected chi connectivity index (χ1v) is 15.1. The molecular formula is C33H53NO. The Balaban J connectivity index is 1.45. The summed E-state index contributed by atoms with van der Waals surface area (Å²) in [5.74, 6) is 9.46. The molecule has 196 valence electrons. The maximum atomic E-state index is 11.9. The third-order valence-electron chi connectivity index (χ3n) is 12.3. The van der Waals surface area contributed by atoms with Crippen molar-refractivity contribution in [2.24, 2.45) is 58.2 Å². The average Bonchev–Trinajstić information content (AvgIpc) is 3.19. The summed E-state index contributed by atoms with van der Waals surface area (Å²) in [6, 6.07) is 0.342. The van der Waals surface area contributed by atoms with Gasteiger partial charge in [-0.05, 0) is 129 Å². The number of hydrogen-bond acceptors (Lipinski definition) is 1. The molecule has 4 aliphatic rings. The molecule has 0 heterocycles. The molecule has 4 rings (SSSR count). The second kappa shape index (κ2) is 10.6. The Morgan fingerprint density at radius 3 is 2.43 bits per heavy atom. The fourth-order valence-corrected chi connectivity index (χ4v) is 10.2. The molecule has 2 heteroatoms. The molecule has 1 amide bonds. The van der Waals surface area contributed by atoms with E-state index in [9.17, 15) is 4.79 Å². The van der Waals surface area contributed by atoms with E-state index in [-0.39, 0.29) is 5.91 Å². The summed E-state index contributed by atoms with van der Waals surface area (Å²) >= 11 is 0. The second-order valence-corrected chi connectivity index (χ2v) is 13.8. The molecule has 0 saturated heterocycles. The van der Waals surface area contributed by atoms with E-state index in [0.717, 1.165) is 54.3 Å². The van der Waals surface area contributed by atoms with E-state index in [1.54, 1.807) is 0 Å². The van der Waals surface area contributed by atoms with E-state index in [2.05, 4.69) is 52.4 Å². The van der Waals surface area contributed by atoms with Crippen LogP contribution in [0.25, 0.3) is 0 Å². The van der Waals surface area contributed by atoms with Gasteiger partial charge in [0.25, 0.3) is 0 Å². The van der Waals surface area contributed by atoms with Crippen LogP contribution in [0.2, 0.25) is 0 Å². The third-order valence-corrected chi connectivity index (χ3v) is 12.3. The van der Waals surface area contributed by atoms with E-state index in [0.29, 0.717) is 22.8 Å². The first kappa shape index (κ1) is 26.8. The molecule has 0 aromatic rings. The zero-order valence-electron chi connectivity index (χ0n) is 23.5. The van der Waals surface area contributed by atoms with Gasteiger partial charge in [-0.3, -0.25) is 4.79 Å². The molecule has 3 unspecified atom stereocenters. The van der Waals surface area contributed by atoms with Gasteiger partial charge in [-0.25, -0.2) is 0 Å². The van der Waals surface area contributed by atoms with E-state index in [1.807, 2.05) is 0 Å². The highest BCUT2D eigenvalue weighted by atomic mass is 16.1. The van der Waals surface area contributed by atoms with Gasteiger partial charge >= 0.3 is 0 Å². The van der Waals surface area contributed by atoms with E-state index in [1.165, 1.54) is 70.3 Å². The summed E-state index contributed by atoms with van der Waals surface area (Å²) in [7, 11) is 0. The smallest absolute Gasteiger partial charge is 0.243 e. The highest BCUT2D eigenvalue weighted by molar-refractivity contribution is 5.87. The molecule has 1 N–H and O–H groups in total. The number of amides is 1. The zero-order valence-corrected chi connectivity index (χ0v) is 23.5. The molecule has 0 spiro atoms. The van der Waals surface area contributed by atoms with Crippen LogP contribution in [0.3, 0.4) is 0 Å². The van der Waals surface area contributed by atoms with Crippen molar-refractivity contribution in [2.45, 2.75) is 118 Å². The van der Waals surface area contributed by atoms with Crippen LogP contribution in [0.5, 0.6) is 0 Å². The van der Waals surface area contributed by atoms with Crippen molar-refractivity contribution in [1.82, 2.24) is 5.32 Å². The lowest BCUT2D eigenvalue weighted by Crippen LogP contribution is -2.55. The molecule has 0 bridgehead atoms. The quantitative estimate of drug-likeness (QED) is 0.277. The Morgan fingerprint density at radius 1 is 1.06 bits per heavy atom. The Hall–Kier alpha value is -1.23. The third kappa shape index (κ3) is 4.88. The minimum Gasteiger partial charge on any atom is -0.350 e. The predicted molar refractivity (Wildman–Crippen MR) is 148 cm³/mol. The van der Waals surface area contributed by atoms with Crippen molar-refractivity contribution in [3.8, 4) is 12.3 Å². The summed E-state index contributed by atoms with van der Waals surface area (Å²) in [4.78, 5) is 11.9. The maximum absolute atomic E-state index is 11.9. The molecular weight excluding hydrogens is 426 g/mol. The van der Waals surface area contributed by atoms with Gasteiger partial charge in [-0.2, -0.15) is 0 Å². The van der Waals surface area contributed by atoms with E-state index < -0.39 is 0 Å². The standard InChI is InChI=1S/C33H53NO/c1-8-23(22(4)5)11-12-24(9-2)28-15-16-29-27-14-13-25-21-26(34-31(35)10-3)17-19-32(25,6)30(27)18-20-33(28,29)7/h2,10,22-30H,3,8,11-21H2,1,4-7H3,(H,34,35)/t23-,24-,25?,26+,27+,28-,29?,30?,32+,33-/m1/s1. The Labute approximate surface area is 216 Å². The molecule has 0 radical (unpaired) electrons. The first-order valence-electron chi connectivity index (χ1n) is 15.1. The Kier molecular flexibility index (Phi) is 8.15. The van der Waals surface area contributed by atoms with Gasteiger partial charge in [0.05, 0.1) is 0 Å². The van der Waals surface area contributed by atoms with E-state index >= 15 is 0 Å². The largest absolute Gasteiger partial charge is 0.350 e. The molecule has 0 aromatic heterocycles. The fraction of sp³-hybridized carbons (Fsp3) is 0.848. The lowest BCUT2D eigenvalue weighted by molar-refractivity contribution is -0.124. The minimum absolute atomic E-state index is 0.000520. The number of carbonyl (C=O) groups excluding carboxylic acids is 1. The van der Waals surface area contributed by atoms with Gasteiger partial charge < -0.3 is 5.32 Å². The highest BCUT2D eigenvalue weighted by Gasteiger charge is 2.60.